The molecule has 6 rings (SSSR count). The van der Waals surface area contributed by atoms with Crippen LogP contribution in [0.15, 0.2) is 41.3 Å². The molecule has 4 heterocycles. The fraction of sp³-hybridized carbons (Fsp3) is 0.511. The first-order valence-electron chi connectivity index (χ1n) is 23.1. The second kappa shape index (κ2) is 25.2. The molecular formula is C47H60BrN11O12. The van der Waals surface area contributed by atoms with E-state index in [0.717, 1.165) is 23.1 Å². The molecule has 1 aliphatic carbocycles. The molecule has 1 saturated carbocycles. The van der Waals surface area contributed by atoms with Crippen LogP contribution in [0.4, 0.5) is 5.82 Å². The van der Waals surface area contributed by atoms with Crippen molar-refractivity contribution in [3.8, 4) is 11.1 Å². The van der Waals surface area contributed by atoms with Gasteiger partial charge in [-0.2, -0.15) is 5.10 Å². The Morgan fingerprint density at radius 1 is 0.845 bits per heavy atom. The maximum Gasteiger partial charge on any atom is 0.320 e. The van der Waals surface area contributed by atoms with Gasteiger partial charge in [-0.3, -0.25) is 38.2 Å². The van der Waals surface area contributed by atoms with Gasteiger partial charge in [0.05, 0.1) is 51.7 Å². The Bertz CT molecular complexity index is 2600. The average molecular weight is 1050 g/mol. The lowest BCUT2D eigenvalue weighted by atomic mass is 10.0. The topological polar surface area (TPSA) is 311 Å². The van der Waals surface area contributed by atoms with Crippen LogP contribution in [0.5, 0.6) is 0 Å². The van der Waals surface area contributed by atoms with Gasteiger partial charge in [0, 0.05) is 55.8 Å². The lowest BCUT2D eigenvalue weighted by molar-refractivity contribution is -0.139. The van der Waals surface area contributed by atoms with Crippen LogP contribution in [0.25, 0.3) is 22.0 Å². The standard InChI is InChI=1S/C47H60BrN11O12/c1-27-5-7-36(48)55-44(27)56-45(65)34-19-47(4)20-35(47)59(34)41(64)24-58-43-28(2)17-30(18-32(43)42(57-58)29(3)60)31-21-52-37(53-22-31)23-54-40(63)26-71-16-14-69-12-10-51-39(62)25-70-15-13-68-11-9-50-38(61)8-6-33(49)46(66)67/h5,7,17-18,21-22,33-35H,6,8-16,19-20,23-26,49H2,1-4H3,(H,50,61)(H,51,62)(H,54,63)(H,66,67)(H,55,56,65)/t33-,34-,35?,47-/m0/s1. The number of piperidine rings is 1. The minimum absolute atomic E-state index is 0.000430. The second-order valence-electron chi connectivity index (χ2n) is 17.6. The summed E-state index contributed by atoms with van der Waals surface area (Å²) in [5, 5.41) is 24.8. The molecule has 1 saturated heterocycles. The van der Waals surface area contributed by atoms with Gasteiger partial charge in [0.25, 0.3) is 0 Å². The van der Waals surface area contributed by atoms with E-state index in [4.69, 9.17) is 29.8 Å². The molecule has 1 unspecified atom stereocenters. The number of carboxylic acids is 1. The summed E-state index contributed by atoms with van der Waals surface area (Å²) in [6.07, 6.45) is 4.61. The van der Waals surface area contributed by atoms with Crippen molar-refractivity contribution >= 4 is 73.9 Å². The summed E-state index contributed by atoms with van der Waals surface area (Å²) in [6, 6.07) is 5.52. The molecule has 1 aromatic carbocycles. The van der Waals surface area contributed by atoms with E-state index in [-0.39, 0.29) is 144 Å². The fourth-order valence-corrected chi connectivity index (χ4v) is 8.45. The van der Waals surface area contributed by atoms with Crippen molar-refractivity contribution in [1.82, 2.24) is 45.6 Å². The summed E-state index contributed by atoms with van der Waals surface area (Å²) < 4.78 is 23.5. The van der Waals surface area contributed by atoms with Crippen molar-refractivity contribution in [3.05, 3.63) is 63.9 Å². The summed E-state index contributed by atoms with van der Waals surface area (Å²) in [6.45, 7) is 8.37. The molecular weight excluding hydrogens is 990 g/mol. The molecule has 24 heteroatoms. The molecule has 0 spiro atoms. The first kappa shape index (κ1) is 54.0. The Kier molecular flexibility index (Phi) is 19.2. The first-order valence-corrected chi connectivity index (χ1v) is 23.9. The number of carbonyl (C=O) groups excluding carboxylic acids is 6. The van der Waals surface area contributed by atoms with Crippen LogP contribution in [-0.4, -0.2) is 160 Å². The number of likely N-dealkylation sites (tertiary alicyclic amines) is 1. The highest BCUT2D eigenvalue weighted by atomic mass is 79.9. The monoisotopic (exact) mass is 1050 g/mol. The number of nitrogens with one attached hydrogen (secondary N) is 4. The van der Waals surface area contributed by atoms with Crippen LogP contribution in [0.1, 0.15) is 67.0 Å². The average Bonchev–Trinajstić information content (AvgIpc) is 3.68. The largest absolute Gasteiger partial charge is 0.480 e. The lowest BCUT2D eigenvalue weighted by Crippen LogP contribution is -2.47. The van der Waals surface area contributed by atoms with Gasteiger partial charge in [0.1, 0.15) is 53.8 Å². The zero-order chi connectivity index (χ0) is 51.2. The van der Waals surface area contributed by atoms with E-state index < -0.39 is 18.1 Å². The van der Waals surface area contributed by atoms with Crippen LogP contribution in [-0.2, 0) is 60.8 Å². The summed E-state index contributed by atoms with van der Waals surface area (Å²) in [5.41, 5.74) is 9.00. The zero-order valence-corrected chi connectivity index (χ0v) is 41.7. The summed E-state index contributed by atoms with van der Waals surface area (Å²) in [4.78, 5) is 102. The highest BCUT2D eigenvalue weighted by Crippen LogP contribution is 2.59. The molecule has 4 aromatic rings. The Morgan fingerprint density at radius 3 is 2.13 bits per heavy atom. The normalized spacial score (nSPS) is 17.4. The van der Waals surface area contributed by atoms with Gasteiger partial charge in [-0.25, -0.2) is 15.0 Å². The van der Waals surface area contributed by atoms with Crippen molar-refractivity contribution in [2.45, 2.75) is 84.6 Å². The molecule has 71 heavy (non-hydrogen) atoms. The minimum Gasteiger partial charge on any atom is -0.480 e. The number of amides is 5. The number of aliphatic carboxylic acids is 1. The maximum atomic E-state index is 14.1. The molecule has 3 aromatic heterocycles. The van der Waals surface area contributed by atoms with Gasteiger partial charge in [-0.05, 0) is 89.3 Å². The number of pyridine rings is 1. The van der Waals surface area contributed by atoms with Gasteiger partial charge in [0.2, 0.25) is 29.5 Å². The van der Waals surface area contributed by atoms with Gasteiger partial charge < -0.3 is 56.0 Å². The number of carbonyl (C=O) groups is 7. The molecule has 1 aliphatic heterocycles. The molecule has 2 aliphatic rings. The Labute approximate surface area is 417 Å². The van der Waals surface area contributed by atoms with Crippen LogP contribution < -0.4 is 27.0 Å². The number of halogens is 1. The molecule has 4 atom stereocenters. The minimum atomic E-state index is -1.16. The number of Topliss-reactive ketones (excluding diaryl/α,β-unsaturated/α-hetero) is 1. The van der Waals surface area contributed by atoms with Crippen molar-refractivity contribution < 1.29 is 57.6 Å². The van der Waals surface area contributed by atoms with Gasteiger partial charge in [-0.15, -0.1) is 0 Å². The Hall–Kier alpha value is -6.31. The quantitative estimate of drug-likeness (QED) is 0.0267. The molecule has 382 valence electrons. The predicted octanol–water partition coefficient (Wildman–Crippen LogP) is 1.60. The summed E-state index contributed by atoms with van der Waals surface area (Å²) in [7, 11) is 0. The molecule has 5 amide bonds. The predicted molar refractivity (Wildman–Crippen MR) is 259 cm³/mol. The van der Waals surface area contributed by atoms with Crippen molar-refractivity contribution in [3.63, 3.8) is 0 Å². The third-order valence-corrected chi connectivity index (χ3v) is 12.5. The smallest absolute Gasteiger partial charge is 0.320 e. The maximum absolute atomic E-state index is 14.1. The van der Waals surface area contributed by atoms with Crippen LogP contribution in [0.2, 0.25) is 0 Å². The highest BCUT2D eigenvalue weighted by molar-refractivity contribution is 9.10. The lowest BCUT2D eigenvalue weighted by Gasteiger charge is -2.27. The van der Waals surface area contributed by atoms with Crippen molar-refractivity contribution in [2.75, 3.05) is 71.3 Å². The number of aryl methyl sites for hydroxylation is 2. The fourth-order valence-electron chi connectivity index (χ4n) is 8.14. The number of carboxylic acid groups (broad SMARTS) is 1. The number of ether oxygens (including phenoxy) is 4. The third kappa shape index (κ3) is 15.1. The van der Waals surface area contributed by atoms with Gasteiger partial charge in [0.15, 0.2) is 5.78 Å². The van der Waals surface area contributed by atoms with E-state index in [1.807, 2.05) is 32.0 Å². The number of nitrogens with zero attached hydrogens (tertiary/aromatic N) is 6. The molecule has 0 radical (unpaired) electrons. The first-order chi connectivity index (χ1) is 33.9. The van der Waals surface area contributed by atoms with Crippen LogP contribution >= 0.6 is 15.9 Å². The molecule has 23 nitrogen and oxygen atoms in total. The number of hydrogen-bond acceptors (Lipinski definition) is 16. The number of fused-ring (bicyclic) bond motifs is 2. The van der Waals surface area contributed by atoms with E-state index in [0.29, 0.717) is 39.1 Å². The van der Waals surface area contributed by atoms with E-state index >= 15 is 0 Å². The number of hydrogen-bond donors (Lipinski definition) is 6. The number of anilines is 1. The molecule has 7 N–H and O–H groups in total. The van der Waals surface area contributed by atoms with Crippen molar-refractivity contribution in [2.24, 2.45) is 11.1 Å². The Balaban J connectivity index is 0.872. The van der Waals surface area contributed by atoms with E-state index in [1.165, 1.54) is 6.92 Å². The number of benzene rings is 1. The molecule has 0 bridgehead atoms. The summed E-state index contributed by atoms with van der Waals surface area (Å²) >= 11 is 3.36. The van der Waals surface area contributed by atoms with E-state index in [2.05, 4.69) is 64.2 Å². The number of rotatable bonds is 28. The SMILES string of the molecule is CC(=O)c1nn(CC(=O)N2C3C[C@]3(C)C[C@H]2C(=O)Nc2nc(Br)ccc2C)c2c(C)cc(-c3cnc(CNC(=O)COCCOCCNC(=O)COCCOCCNC(=O)CC[C@H](N)C(=O)O)nc3)cc12. The van der Waals surface area contributed by atoms with Crippen LogP contribution in [0.3, 0.4) is 0 Å². The second-order valence-corrected chi connectivity index (χ2v) is 18.4. The summed E-state index contributed by atoms with van der Waals surface area (Å²) in [5.74, 6) is -2.25. The van der Waals surface area contributed by atoms with Gasteiger partial charge in [-0.1, -0.05) is 13.0 Å². The van der Waals surface area contributed by atoms with Crippen molar-refractivity contribution in [1.29, 1.82) is 0 Å². The third-order valence-electron chi connectivity index (χ3n) is 12.0. The number of ketones is 1. The van der Waals surface area contributed by atoms with Crippen LogP contribution in [0, 0.1) is 19.3 Å². The molecule has 2 fully saturated rings. The number of nitrogens with two attached hydrogens (primary N) is 1. The Morgan fingerprint density at radius 2 is 1.48 bits per heavy atom. The van der Waals surface area contributed by atoms with Gasteiger partial charge >= 0.3 is 5.97 Å². The van der Waals surface area contributed by atoms with E-state index in [9.17, 15) is 33.6 Å². The number of aromatic nitrogens is 5. The van der Waals surface area contributed by atoms with E-state index in [1.54, 1.807) is 28.0 Å². The zero-order valence-electron chi connectivity index (χ0n) is 40.1. The highest BCUT2D eigenvalue weighted by Gasteiger charge is 2.64.